The summed E-state index contributed by atoms with van der Waals surface area (Å²) in [5, 5.41) is 11.5. The molecule has 0 spiro atoms. The zero-order valence-electron chi connectivity index (χ0n) is 10.7. The molecule has 0 bridgehead atoms. The second-order valence-corrected chi connectivity index (χ2v) is 5.16. The average Bonchev–Trinajstić information content (AvgIpc) is 2.41. The summed E-state index contributed by atoms with van der Waals surface area (Å²) in [4.78, 5) is 34.4. The Hall–Kier alpha value is -2.41. The summed E-state index contributed by atoms with van der Waals surface area (Å²) in [6, 6.07) is 9.32. The van der Waals surface area contributed by atoms with Gasteiger partial charge in [-0.15, -0.1) is 0 Å². The van der Waals surface area contributed by atoms with Crippen LogP contribution >= 0.6 is 15.9 Å². The van der Waals surface area contributed by atoms with Gasteiger partial charge in [-0.25, -0.2) is 4.79 Å². The van der Waals surface area contributed by atoms with Gasteiger partial charge in [0.2, 0.25) is 5.91 Å². The van der Waals surface area contributed by atoms with E-state index in [1.54, 1.807) is 18.2 Å². The number of carboxylic acids is 1. The van der Waals surface area contributed by atoms with Gasteiger partial charge in [-0.1, -0.05) is 22.0 Å². The number of hydrogen-bond acceptors (Lipinski definition) is 3. The zero-order valence-corrected chi connectivity index (χ0v) is 12.3. The fourth-order valence-electron chi connectivity index (χ4n) is 1.70. The van der Waals surface area contributed by atoms with Crippen molar-refractivity contribution < 1.29 is 14.7 Å². The van der Waals surface area contributed by atoms with Crippen LogP contribution in [0.2, 0.25) is 0 Å². The van der Waals surface area contributed by atoms with Crippen LogP contribution in [0.15, 0.2) is 51.9 Å². The molecule has 2 N–H and O–H groups in total. The van der Waals surface area contributed by atoms with Gasteiger partial charge in [-0.2, -0.15) is 0 Å². The lowest BCUT2D eigenvalue weighted by molar-refractivity contribution is -0.116. The Morgan fingerprint density at radius 3 is 2.67 bits per heavy atom. The molecular weight excluding hydrogens is 340 g/mol. The number of nitrogens with zero attached hydrogens (tertiary/aromatic N) is 1. The van der Waals surface area contributed by atoms with Crippen LogP contribution in [0.4, 0.5) is 5.69 Å². The number of carboxylic acid groups (broad SMARTS) is 1. The zero-order chi connectivity index (χ0) is 15.4. The predicted octanol–water partition coefficient (Wildman–Crippen LogP) is 1.95. The van der Waals surface area contributed by atoms with Crippen LogP contribution in [0.25, 0.3) is 0 Å². The van der Waals surface area contributed by atoms with E-state index in [9.17, 15) is 14.4 Å². The third kappa shape index (κ3) is 4.03. The highest BCUT2D eigenvalue weighted by atomic mass is 79.9. The molecule has 0 saturated carbocycles. The molecule has 6 nitrogen and oxygen atoms in total. The van der Waals surface area contributed by atoms with Crippen LogP contribution in [-0.2, 0) is 11.3 Å². The Morgan fingerprint density at radius 1 is 1.24 bits per heavy atom. The Labute approximate surface area is 128 Å². The number of amides is 1. The number of pyridine rings is 1. The van der Waals surface area contributed by atoms with Crippen molar-refractivity contribution in [3.63, 3.8) is 0 Å². The largest absolute Gasteiger partial charge is 0.478 e. The summed E-state index contributed by atoms with van der Waals surface area (Å²) < 4.78 is 1.86. The monoisotopic (exact) mass is 350 g/mol. The SMILES string of the molecule is O=C(Cn1cc(C(=O)O)ccc1=O)Nc1cccc(Br)c1. The Bertz CT molecular complexity index is 755. The molecule has 2 rings (SSSR count). The van der Waals surface area contributed by atoms with Crippen molar-refractivity contribution in [2.24, 2.45) is 0 Å². The maximum Gasteiger partial charge on any atom is 0.337 e. The highest BCUT2D eigenvalue weighted by Gasteiger charge is 2.09. The first kappa shape index (κ1) is 15.0. The van der Waals surface area contributed by atoms with Crippen molar-refractivity contribution in [2.75, 3.05) is 5.32 Å². The molecule has 0 saturated heterocycles. The number of nitrogens with one attached hydrogen (secondary N) is 1. The van der Waals surface area contributed by atoms with Crippen LogP contribution < -0.4 is 10.9 Å². The first-order valence-corrected chi connectivity index (χ1v) is 6.74. The standard InChI is InChI=1S/C14H11BrN2O4/c15-10-2-1-3-11(6-10)16-12(18)8-17-7-9(14(20)21)4-5-13(17)19/h1-7H,8H2,(H,16,18)(H,20,21). The molecule has 0 unspecified atom stereocenters. The summed E-state index contributed by atoms with van der Waals surface area (Å²) in [7, 11) is 0. The third-order valence-corrected chi connectivity index (χ3v) is 3.15. The molecule has 1 aromatic heterocycles. The van der Waals surface area contributed by atoms with Crippen molar-refractivity contribution in [3.05, 3.63) is 63.0 Å². The van der Waals surface area contributed by atoms with E-state index in [2.05, 4.69) is 21.2 Å². The first-order valence-electron chi connectivity index (χ1n) is 5.95. The van der Waals surface area contributed by atoms with Gasteiger partial charge in [0, 0.05) is 22.4 Å². The molecule has 1 aromatic carbocycles. The molecule has 21 heavy (non-hydrogen) atoms. The molecule has 1 amide bonds. The molecular formula is C14H11BrN2O4. The van der Waals surface area contributed by atoms with Gasteiger partial charge in [0.25, 0.3) is 5.56 Å². The summed E-state index contributed by atoms with van der Waals surface area (Å²) in [5.41, 5.74) is 0.0889. The second kappa shape index (κ2) is 6.36. The fraction of sp³-hybridized carbons (Fsp3) is 0.0714. The quantitative estimate of drug-likeness (QED) is 0.881. The van der Waals surface area contributed by atoms with Gasteiger partial charge in [0.15, 0.2) is 0 Å². The van der Waals surface area contributed by atoms with E-state index in [-0.39, 0.29) is 12.1 Å². The predicted molar refractivity (Wildman–Crippen MR) is 80.4 cm³/mol. The van der Waals surface area contributed by atoms with E-state index >= 15 is 0 Å². The molecule has 0 aliphatic heterocycles. The molecule has 0 aliphatic carbocycles. The molecule has 1 heterocycles. The van der Waals surface area contributed by atoms with Gasteiger partial charge < -0.3 is 15.0 Å². The van der Waals surface area contributed by atoms with E-state index in [1.807, 2.05) is 6.07 Å². The number of carbonyl (C=O) groups is 2. The van der Waals surface area contributed by atoms with E-state index in [1.165, 1.54) is 6.07 Å². The lowest BCUT2D eigenvalue weighted by Gasteiger charge is -2.08. The van der Waals surface area contributed by atoms with Crippen LogP contribution in [0.5, 0.6) is 0 Å². The molecule has 0 atom stereocenters. The number of halogens is 1. The lowest BCUT2D eigenvalue weighted by Crippen LogP contribution is -2.27. The Morgan fingerprint density at radius 2 is 2.00 bits per heavy atom. The summed E-state index contributed by atoms with van der Waals surface area (Å²) in [6.45, 7) is -0.257. The summed E-state index contributed by atoms with van der Waals surface area (Å²) in [5.74, 6) is -1.58. The minimum atomic E-state index is -1.16. The molecule has 0 radical (unpaired) electrons. The minimum absolute atomic E-state index is 0.0511. The Kier molecular flexibility index (Phi) is 4.54. The molecule has 108 valence electrons. The van der Waals surface area contributed by atoms with Crippen LogP contribution in [0, 0.1) is 0 Å². The highest BCUT2D eigenvalue weighted by molar-refractivity contribution is 9.10. The first-order chi connectivity index (χ1) is 9.95. The molecule has 0 aliphatic rings. The smallest absolute Gasteiger partial charge is 0.337 e. The number of carbonyl (C=O) groups excluding carboxylic acids is 1. The van der Waals surface area contributed by atoms with Crippen molar-refractivity contribution in [3.8, 4) is 0 Å². The van der Waals surface area contributed by atoms with Gasteiger partial charge >= 0.3 is 5.97 Å². The van der Waals surface area contributed by atoms with Crippen molar-refractivity contribution in [2.45, 2.75) is 6.54 Å². The lowest BCUT2D eigenvalue weighted by atomic mass is 10.3. The molecule has 7 heteroatoms. The molecule has 2 aromatic rings. The third-order valence-electron chi connectivity index (χ3n) is 2.65. The maximum absolute atomic E-state index is 11.9. The number of hydrogen-bond donors (Lipinski definition) is 2. The van der Waals surface area contributed by atoms with Crippen LogP contribution in [0.3, 0.4) is 0 Å². The van der Waals surface area contributed by atoms with Crippen molar-refractivity contribution in [1.82, 2.24) is 4.57 Å². The molecule has 0 fully saturated rings. The number of benzene rings is 1. The van der Waals surface area contributed by atoms with E-state index in [4.69, 9.17) is 5.11 Å². The average molecular weight is 351 g/mol. The number of aromatic carboxylic acids is 1. The van der Waals surface area contributed by atoms with Crippen molar-refractivity contribution in [1.29, 1.82) is 0 Å². The Balaban J connectivity index is 2.14. The summed E-state index contributed by atoms with van der Waals surface area (Å²) in [6.07, 6.45) is 1.14. The fourth-order valence-corrected chi connectivity index (χ4v) is 2.10. The summed E-state index contributed by atoms with van der Waals surface area (Å²) >= 11 is 3.28. The van der Waals surface area contributed by atoms with Gasteiger partial charge in [0.05, 0.1) is 5.56 Å². The second-order valence-electron chi connectivity index (χ2n) is 4.25. The topological polar surface area (TPSA) is 88.4 Å². The van der Waals surface area contributed by atoms with Crippen molar-refractivity contribution >= 4 is 33.5 Å². The highest BCUT2D eigenvalue weighted by Crippen LogP contribution is 2.15. The van der Waals surface area contributed by atoms with Gasteiger partial charge in [-0.05, 0) is 24.3 Å². The van der Waals surface area contributed by atoms with Gasteiger partial charge in [-0.3, -0.25) is 9.59 Å². The van der Waals surface area contributed by atoms with E-state index < -0.39 is 17.4 Å². The number of rotatable bonds is 4. The number of anilines is 1. The van der Waals surface area contributed by atoms with Gasteiger partial charge in [0.1, 0.15) is 6.54 Å². The van der Waals surface area contributed by atoms with E-state index in [0.717, 1.165) is 21.3 Å². The minimum Gasteiger partial charge on any atom is -0.478 e. The normalized spacial score (nSPS) is 10.1. The number of aromatic nitrogens is 1. The van der Waals surface area contributed by atoms with Crippen LogP contribution in [-0.4, -0.2) is 21.6 Å². The maximum atomic E-state index is 11.9. The van der Waals surface area contributed by atoms with Crippen LogP contribution in [0.1, 0.15) is 10.4 Å². The van der Waals surface area contributed by atoms with E-state index in [0.29, 0.717) is 5.69 Å².